The minimum absolute atomic E-state index is 0.311. The molecule has 0 heterocycles. The molecule has 0 radical (unpaired) electrons. The molecular weight excluding hydrogens is 166 g/mol. The molecular formula is C8H6F2O2. The van der Waals surface area contributed by atoms with Crippen molar-refractivity contribution < 1.29 is 18.7 Å². The molecule has 0 aliphatic rings. The summed E-state index contributed by atoms with van der Waals surface area (Å²) in [7, 11) is 0. The third-order valence-corrected chi connectivity index (χ3v) is 1.42. The van der Waals surface area contributed by atoms with Crippen molar-refractivity contribution in [3.8, 4) is 5.75 Å². The largest absolute Gasteiger partial charge is 0.505 e. The summed E-state index contributed by atoms with van der Waals surface area (Å²) in [5.74, 6) is -3.31. The summed E-state index contributed by atoms with van der Waals surface area (Å²) in [6.45, 7) is 1.13. The van der Waals surface area contributed by atoms with E-state index in [2.05, 4.69) is 0 Å². The second-order valence-corrected chi connectivity index (χ2v) is 2.34. The van der Waals surface area contributed by atoms with E-state index in [4.69, 9.17) is 5.11 Å². The number of ketones is 1. The number of benzene rings is 1. The normalized spacial score (nSPS) is 9.92. The molecule has 0 saturated heterocycles. The Bertz CT molecular complexity index is 334. The van der Waals surface area contributed by atoms with Crippen LogP contribution < -0.4 is 0 Å². The first-order valence-corrected chi connectivity index (χ1v) is 3.21. The fourth-order valence-corrected chi connectivity index (χ4v) is 0.807. The van der Waals surface area contributed by atoms with Gasteiger partial charge in [-0.05, 0) is 13.0 Å². The van der Waals surface area contributed by atoms with Crippen molar-refractivity contribution >= 4 is 5.78 Å². The number of hydrogen-bond donors (Lipinski definition) is 1. The van der Waals surface area contributed by atoms with Crippen molar-refractivity contribution in [2.45, 2.75) is 6.92 Å². The number of halogens is 2. The molecule has 0 spiro atoms. The zero-order valence-corrected chi connectivity index (χ0v) is 6.27. The minimum atomic E-state index is -1.07. The van der Waals surface area contributed by atoms with Gasteiger partial charge in [0.25, 0.3) is 0 Å². The van der Waals surface area contributed by atoms with Crippen molar-refractivity contribution in [3.63, 3.8) is 0 Å². The minimum Gasteiger partial charge on any atom is -0.505 e. The molecule has 0 bridgehead atoms. The highest BCUT2D eigenvalue weighted by molar-refractivity contribution is 5.94. The molecule has 0 aromatic heterocycles. The predicted octanol–water partition coefficient (Wildman–Crippen LogP) is 1.87. The van der Waals surface area contributed by atoms with Crippen molar-refractivity contribution in [3.05, 3.63) is 29.3 Å². The number of phenols is 1. The smallest absolute Gasteiger partial charge is 0.167 e. The highest BCUT2D eigenvalue weighted by Gasteiger charge is 2.11. The maximum Gasteiger partial charge on any atom is 0.167 e. The van der Waals surface area contributed by atoms with Crippen LogP contribution in [0.4, 0.5) is 8.78 Å². The van der Waals surface area contributed by atoms with Gasteiger partial charge in [-0.25, -0.2) is 8.78 Å². The Balaban J connectivity index is 3.33. The van der Waals surface area contributed by atoms with Gasteiger partial charge in [0.15, 0.2) is 17.3 Å². The predicted molar refractivity (Wildman–Crippen MR) is 38.0 cm³/mol. The van der Waals surface area contributed by atoms with E-state index < -0.39 is 23.2 Å². The molecule has 0 saturated carbocycles. The average Bonchev–Trinajstić information content (AvgIpc) is 1.96. The van der Waals surface area contributed by atoms with Crippen LogP contribution in [-0.2, 0) is 0 Å². The quantitative estimate of drug-likeness (QED) is 0.656. The maximum absolute atomic E-state index is 12.7. The van der Waals surface area contributed by atoms with Crippen LogP contribution in [0.3, 0.4) is 0 Å². The Morgan fingerprint density at radius 1 is 1.33 bits per heavy atom. The Morgan fingerprint density at radius 2 is 1.92 bits per heavy atom. The Kier molecular flexibility index (Phi) is 2.08. The molecule has 1 N–H and O–H groups in total. The van der Waals surface area contributed by atoms with Crippen LogP contribution >= 0.6 is 0 Å². The van der Waals surface area contributed by atoms with E-state index in [-0.39, 0.29) is 5.56 Å². The van der Waals surface area contributed by atoms with Gasteiger partial charge in [0, 0.05) is 6.07 Å². The zero-order chi connectivity index (χ0) is 9.30. The molecule has 0 amide bonds. The number of aromatic hydroxyl groups is 1. The number of rotatable bonds is 1. The first kappa shape index (κ1) is 8.64. The molecule has 0 aliphatic carbocycles. The standard InChI is InChI=1S/C8H6F2O2/c1-4(11)5-2-8(12)7(10)3-6(5)9/h2-3,12H,1H3. The summed E-state index contributed by atoms with van der Waals surface area (Å²) in [4.78, 5) is 10.7. The lowest BCUT2D eigenvalue weighted by molar-refractivity contribution is 0.101. The van der Waals surface area contributed by atoms with Crippen molar-refractivity contribution in [1.29, 1.82) is 0 Å². The number of Topliss-reactive ketones (excluding diaryl/α,β-unsaturated/α-hetero) is 1. The molecule has 4 heteroatoms. The van der Waals surface area contributed by atoms with E-state index >= 15 is 0 Å². The number of hydrogen-bond acceptors (Lipinski definition) is 2. The van der Waals surface area contributed by atoms with Crippen LogP contribution in [0.2, 0.25) is 0 Å². The summed E-state index contributed by atoms with van der Waals surface area (Å²) in [5, 5.41) is 8.78. The van der Waals surface area contributed by atoms with Gasteiger partial charge in [-0.1, -0.05) is 0 Å². The molecule has 64 valence electrons. The lowest BCUT2D eigenvalue weighted by Crippen LogP contribution is -1.97. The monoisotopic (exact) mass is 172 g/mol. The zero-order valence-electron chi connectivity index (χ0n) is 6.27. The molecule has 1 aromatic rings. The molecule has 0 aliphatic heterocycles. The molecule has 1 aromatic carbocycles. The van der Waals surface area contributed by atoms with Crippen LogP contribution in [0.25, 0.3) is 0 Å². The molecule has 2 nitrogen and oxygen atoms in total. The average molecular weight is 172 g/mol. The Labute approximate surface area is 67.4 Å². The van der Waals surface area contributed by atoms with Crippen molar-refractivity contribution in [2.24, 2.45) is 0 Å². The molecule has 0 unspecified atom stereocenters. The topological polar surface area (TPSA) is 37.3 Å². The number of carbonyl (C=O) groups excluding carboxylic acids is 1. The van der Waals surface area contributed by atoms with Gasteiger partial charge in [0.2, 0.25) is 0 Å². The summed E-state index contributed by atoms with van der Waals surface area (Å²) in [6.07, 6.45) is 0. The third kappa shape index (κ3) is 1.42. The summed E-state index contributed by atoms with van der Waals surface area (Å²) in [5.41, 5.74) is -0.311. The first-order chi connectivity index (χ1) is 5.52. The Hall–Kier alpha value is -1.45. The number of carbonyl (C=O) groups is 1. The van der Waals surface area contributed by atoms with E-state index in [0.29, 0.717) is 6.07 Å². The van der Waals surface area contributed by atoms with Crippen molar-refractivity contribution in [2.75, 3.05) is 0 Å². The SMILES string of the molecule is CC(=O)c1cc(O)c(F)cc1F. The van der Waals surface area contributed by atoms with Crippen LogP contribution in [0.1, 0.15) is 17.3 Å². The third-order valence-electron chi connectivity index (χ3n) is 1.42. The lowest BCUT2D eigenvalue weighted by atomic mass is 10.1. The van der Waals surface area contributed by atoms with Crippen LogP contribution in [0.15, 0.2) is 12.1 Å². The highest BCUT2D eigenvalue weighted by Crippen LogP contribution is 2.20. The fraction of sp³-hybridized carbons (Fsp3) is 0.125. The second-order valence-electron chi connectivity index (χ2n) is 2.34. The summed E-state index contributed by atoms with van der Waals surface area (Å²) in [6, 6.07) is 1.25. The van der Waals surface area contributed by atoms with Crippen LogP contribution in [-0.4, -0.2) is 10.9 Å². The van der Waals surface area contributed by atoms with Gasteiger partial charge in [-0.15, -0.1) is 0 Å². The lowest BCUT2D eigenvalue weighted by Gasteiger charge is -1.99. The van der Waals surface area contributed by atoms with E-state index in [0.717, 1.165) is 13.0 Å². The van der Waals surface area contributed by atoms with Gasteiger partial charge in [-0.2, -0.15) is 0 Å². The highest BCUT2D eigenvalue weighted by atomic mass is 19.1. The molecule has 12 heavy (non-hydrogen) atoms. The molecule has 0 atom stereocenters. The second kappa shape index (κ2) is 2.89. The van der Waals surface area contributed by atoms with Crippen LogP contribution in [0.5, 0.6) is 5.75 Å². The molecule has 0 fully saturated rings. The van der Waals surface area contributed by atoms with E-state index in [1.807, 2.05) is 0 Å². The van der Waals surface area contributed by atoms with E-state index in [1.54, 1.807) is 0 Å². The van der Waals surface area contributed by atoms with Gasteiger partial charge < -0.3 is 5.11 Å². The summed E-state index contributed by atoms with van der Waals surface area (Å²) >= 11 is 0. The van der Waals surface area contributed by atoms with E-state index in [9.17, 15) is 13.6 Å². The maximum atomic E-state index is 12.7. The van der Waals surface area contributed by atoms with Crippen molar-refractivity contribution in [1.82, 2.24) is 0 Å². The van der Waals surface area contributed by atoms with Gasteiger partial charge in [0.05, 0.1) is 5.56 Å². The van der Waals surface area contributed by atoms with Crippen LogP contribution in [0, 0.1) is 11.6 Å². The van der Waals surface area contributed by atoms with Gasteiger partial charge in [-0.3, -0.25) is 4.79 Å². The summed E-state index contributed by atoms with van der Waals surface area (Å²) < 4.78 is 25.1. The van der Waals surface area contributed by atoms with E-state index in [1.165, 1.54) is 0 Å². The van der Waals surface area contributed by atoms with Gasteiger partial charge >= 0.3 is 0 Å². The van der Waals surface area contributed by atoms with Gasteiger partial charge in [0.1, 0.15) is 5.82 Å². The Morgan fingerprint density at radius 3 is 2.42 bits per heavy atom. The fourth-order valence-electron chi connectivity index (χ4n) is 0.807. The number of phenolic OH excluding ortho intramolecular Hbond substituents is 1. The molecule has 1 rings (SSSR count). The first-order valence-electron chi connectivity index (χ1n) is 3.21.